The molecule has 100 valence electrons. The molecule has 1 aliphatic rings. The van der Waals surface area contributed by atoms with Gasteiger partial charge < -0.3 is 10.5 Å². The van der Waals surface area contributed by atoms with E-state index in [9.17, 15) is 0 Å². The van der Waals surface area contributed by atoms with Gasteiger partial charge in [0.25, 0.3) is 0 Å². The Morgan fingerprint density at radius 3 is 2.44 bits per heavy atom. The Bertz CT molecular complexity index is 371. The van der Waals surface area contributed by atoms with Crippen molar-refractivity contribution in [3.05, 3.63) is 34.3 Å². The van der Waals surface area contributed by atoms with Crippen molar-refractivity contribution in [3.8, 4) is 0 Å². The molecule has 0 heterocycles. The van der Waals surface area contributed by atoms with Crippen LogP contribution in [0.15, 0.2) is 28.7 Å². The standard InChI is InChI=1S/C15H22BrNO/c1-2-18-15(9-3-4-10-15)14(17)11-12-5-7-13(16)8-6-12/h5-8,14H,2-4,9-11,17H2,1H3. The Hall–Kier alpha value is -0.380. The summed E-state index contributed by atoms with van der Waals surface area (Å²) in [7, 11) is 0. The molecule has 1 aliphatic carbocycles. The summed E-state index contributed by atoms with van der Waals surface area (Å²) in [5.74, 6) is 0. The highest BCUT2D eigenvalue weighted by Gasteiger charge is 2.40. The van der Waals surface area contributed by atoms with E-state index >= 15 is 0 Å². The molecule has 0 bridgehead atoms. The molecule has 2 nitrogen and oxygen atoms in total. The summed E-state index contributed by atoms with van der Waals surface area (Å²) in [6, 6.07) is 8.52. The molecule has 18 heavy (non-hydrogen) atoms. The maximum atomic E-state index is 6.43. The van der Waals surface area contributed by atoms with Crippen molar-refractivity contribution in [2.75, 3.05) is 6.61 Å². The monoisotopic (exact) mass is 311 g/mol. The zero-order chi connectivity index (χ0) is 13.0. The second-order valence-electron chi connectivity index (χ2n) is 5.14. The van der Waals surface area contributed by atoms with Gasteiger partial charge in [-0.3, -0.25) is 0 Å². The highest BCUT2D eigenvalue weighted by atomic mass is 79.9. The molecule has 0 amide bonds. The minimum atomic E-state index is -0.0815. The number of hydrogen-bond donors (Lipinski definition) is 1. The van der Waals surface area contributed by atoms with E-state index in [-0.39, 0.29) is 11.6 Å². The molecule has 1 fully saturated rings. The maximum absolute atomic E-state index is 6.43. The third kappa shape index (κ3) is 3.14. The lowest BCUT2D eigenvalue weighted by molar-refractivity contribution is -0.0524. The fourth-order valence-electron chi connectivity index (χ4n) is 2.94. The minimum absolute atomic E-state index is 0.0815. The average molecular weight is 312 g/mol. The molecule has 0 spiro atoms. The van der Waals surface area contributed by atoms with Crippen LogP contribution in [0.3, 0.4) is 0 Å². The van der Waals surface area contributed by atoms with Gasteiger partial charge in [-0.25, -0.2) is 0 Å². The predicted octanol–water partition coefficient (Wildman–Crippen LogP) is 3.67. The van der Waals surface area contributed by atoms with Crippen LogP contribution in [0.25, 0.3) is 0 Å². The van der Waals surface area contributed by atoms with E-state index in [1.165, 1.54) is 18.4 Å². The van der Waals surface area contributed by atoms with Crippen molar-refractivity contribution in [3.63, 3.8) is 0 Å². The van der Waals surface area contributed by atoms with Gasteiger partial charge in [0, 0.05) is 17.1 Å². The highest BCUT2D eigenvalue weighted by Crippen LogP contribution is 2.36. The molecule has 2 rings (SSSR count). The molecule has 1 aromatic rings. The fraction of sp³-hybridized carbons (Fsp3) is 0.600. The maximum Gasteiger partial charge on any atom is 0.0835 e. The number of hydrogen-bond acceptors (Lipinski definition) is 2. The molecular weight excluding hydrogens is 290 g/mol. The van der Waals surface area contributed by atoms with E-state index in [4.69, 9.17) is 10.5 Å². The minimum Gasteiger partial charge on any atom is -0.374 e. The van der Waals surface area contributed by atoms with Crippen LogP contribution < -0.4 is 5.73 Å². The third-order valence-corrected chi connectivity index (χ3v) is 4.45. The van der Waals surface area contributed by atoms with Crippen molar-refractivity contribution in [1.29, 1.82) is 0 Å². The first kappa shape index (κ1) is 14.0. The molecule has 0 aromatic heterocycles. The quantitative estimate of drug-likeness (QED) is 0.900. The van der Waals surface area contributed by atoms with E-state index in [0.29, 0.717) is 0 Å². The Kier molecular flexibility index (Phi) is 4.82. The van der Waals surface area contributed by atoms with Crippen LogP contribution in [-0.4, -0.2) is 18.2 Å². The van der Waals surface area contributed by atoms with Crippen LogP contribution in [0, 0.1) is 0 Å². The molecule has 1 aromatic carbocycles. The van der Waals surface area contributed by atoms with Gasteiger partial charge in [-0.2, -0.15) is 0 Å². The first-order valence-corrected chi connectivity index (χ1v) is 7.59. The van der Waals surface area contributed by atoms with Crippen LogP contribution in [0.5, 0.6) is 0 Å². The lowest BCUT2D eigenvalue weighted by Gasteiger charge is -2.35. The van der Waals surface area contributed by atoms with E-state index in [1.54, 1.807) is 0 Å². The van der Waals surface area contributed by atoms with Gasteiger partial charge in [-0.1, -0.05) is 40.9 Å². The van der Waals surface area contributed by atoms with Gasteiger partial charge in [0.05, 0.1) is 5.60 Å². The second-order valence-corrected chi connectivity index (χ2v) is 6.06. The molecule has 0 radical (unpaired) electrons. The molecule has 3 heteroatoms. The SMILES string of the molecule is CCOC1(C(N)Cc2ccc(Br)cc2)CCCC1. The predicted molar refractivity (Wildman–Crippen MR) is 78.6 cm³/mol. The lowest BCUT2D eigenvalue weighted by atomic mass is 9.88. The number of benzene rings is 1. The largest absolute Gasteiger partial charge is 0.374 e. The average Bonchev–Trinajstić information content (AvgIpc) is 2.82. The Balaban J connectivity index is 2.05. The summed E-state index contributed by atoms with van der Waals surface area (Å²) in [6.45, 7) is 2.82. The molecular formula is C15H22BrNO. The van der Waals surface area contributed by atoms with Crippen molar-refractivity contribution < 1.29 is 4.74 Å². The third-order valence-electron chi connectivity index (χ3n) is 3.93. The normalized spacial score (nSPS) is 19.9. The fourth-order valence-corrected chi connectivity index (χ4v) is 3.21. The van der Waals surface area contributed by atoms with Gasteiger partial charge in [-0.05, 0) is 43.9 Å². The summed E-state index contributed by atoms with van der Waals surface area (Å²) in [5, 5.41) is 0. The van der Waals surface area contributed by atoms with E-state index in [2.05, 4.69) is 47.1 Å². The number of nitrogens with two attached hydrogens (primary N) is 1. The molecule has 2 N–H and O–H groups in total. The zero-order valence-corrected chi connectivity index (χ0v) is 12.6. The molecule has 0 aliphatic heterocycles. The topological polar surface area (TPSA) is 35.2 Å². The van der Waals surface area contributed by atoms with Crippen molar-refractivity contribution >= 4 is 15.9 Å². The van der Waals surface area contributed by atoms with Crippen LogP contribution in [0.2, 0.25) is 0 Å². The van der Waals surface area contributed by atoms with Gasteiger partial charge in [-0.15, -0.1) is 0 Å². The summed E-state index contributed by atoms with van der Waals surface area (Å²) < 4.78 is 7.13. The first-order chi connectivity index (χ1) is 8.66. The van der Waals surface area contributed by atoms with Gasteiger partial charge in [0.1, 0.15) is 0 Å². The summed E-state index contributed by atoms with van der Waals surface area (Å²) in [5.41, 5.74) is 7.64. The Morgan fingerprint density at radius 2 is 1.89 bits per heavy atom. The smallest absolute Gasteiger partial charge is 0.0835 e. The lowest BCUT2D eigenvalue weighted by Crippen LogP contribution is -2.49. The van der Waals surface area contributed by atoms with E-state index < -0.39 is 0 Å². The van der Waals surface area contributed by atoms with Gasteiger partial charge in [0.2, 0.25) is 0 Å². The summed E-state index contributed by atoms with van der Waals surface area (Å²) in [6.07, 6.45) is 5.60. The van der Waals surface area contributed by atoms with Crippen LogP contribution in [-0.2, 0) is 11.2 Å². The molecule has 1 saturated carbocycles. The molecule has 1 unspecified atom stereocenters. The number of rotatable bonds is 5. The van der Waals surface area contributed by atoms with E-state index in [0.717, 1.165) is 30.3 Å². The molecule has 0 saturated heterocycles. The molecule has 1 atom stereocenters. The van der Waals surface area contributed by atoms with Crippen molar-refractivity contribution in [2.45, 2.75) is 50.7 Å². The Morgan fingerprint density at radius 1 is 1.28 bits per heavy atom. The summed E-state index contributed by atoms with van der Waals surface area (Å²) >= 11 is 3.46. The number of halogens is 1. The Labute approximate surface area is 118 Å². The van der Waals surface area contributed by atoms with Crippen molar-refractivity contribution in [2.24, 2.45) is 5.73 Å². The highest BCUT2D eigenvalue weighted by molar-refractivity contribution is 9.10. The van der Waals surface area contributed by atoms with Crippen LogP contribution >= 0.6 is 15.9 Å². The van der Waals surface area contributed by atoms with Crippen LogP contribution in [0.4, 0.5) is 0 Å². The summed E-state index contributed by atoms with van der Waals surface area (Å²) in [4.78, 5) is 0. The number of ether oxygens (including phenoxy) is 1. The second kappa shape index (κ2) is 6.18. The van der Waals surface area contributed by atoms with Crippen LogP contribution in [0.1, 0.15) is 38.2 Å². The zero-order valence-electron chi connectivity index (χ0n) is 11.0. The van der Waals surface area contributed by atoms with Gasteiger partial charge >= 0.3 is 0 Å². The van der Waals surface area contributed by atoms with E-state index in [1.807, 2.05) is 0 Å². The first-order valence-electron chi connectivity index (χ1n) is 6.80. The van der Waals surface area contributed by atoms with Crippen molar-refractivity contribution in [1.82, 2.24) is 0 Å². The van der Waals surface area contributed by atoms with Gasteiger partial charge in [0.15, 0.2) is 0 Å².